The molecule has 156 valence electrons. The van der Waals surface area contributed by atoms with Crippen molar-refractivity contribution in [1.29, 1.82) is 0 Å². The Morgan fingerprint density at radius 3 is 2.48 bits per heavy atom. The van der Waals surface area contributed by atoms with Gasteiger partial charge in [0.1, 0.15) is 11.3 Å². The Kier molecular flexibility index (Phi) is 5.98. The second-order valence-electron chi connectivity index (χ2n) is 6.82. The van der Waals surface area contributed by atoms with E-state index in [9.17, 15) is 10.1 Å². The van der Waals surface area contributed by atoms with Gasteiger partial charge in [0.2, 0.25) is 5.89 Å². The molecule has 0 aliphatic carbocycles. The first-order valence-electron chi connectivity index (χ1n) is 9.88. The molecule has 0 saturated heterocycles. The molecule has 0 unspecified atom stereocenters. The van der Waals surface area contributed by atoms with Crippen LogP contribution < -0.4 is 4.74 Å². The lowest BCUT2D eigenvalue weighted by atomic mass is 10.2. The molecule has 0 spiro atoms. The molecule has 0 bridgehead atoms. The number of rotatable bonds is 8. The van der Waals surface area contributed by atoms with Crippen molar-refractivity contribution >= 4 is 5.69 Å². The summed E-state index contributed by atoms with van der Waals surface area (Å²) in [5.74, 6) is 1.09. The van der Waals surface area contributed by atoms with E-state index in [1.54, 1.807) is 30.3 Å². The van der Waals surface area contributed by atoms with E-state index in [1.165, 1.54) is 11.6 Å². The third kappa shape index (κ3) is 4.75. The van der Waals surface area contributed by atoms with Crippen molar-refractivity contribution in [1.82, 2.24) is 15.2 Å². The summed E-state index contributed by atoms with van der Waals surface area (Å²) in [7, 11) is 0. The minimum Gasteiger partial charge on any atom is -0.493 e. The maximum absolute atomic E-state index is 11.2. The van der Waals surface area contributed by atoms with Crippen LogP contribution in [-0.2, 0) is 12.8 Å². The van der Waals surface area contributed by atoms with Gasteiger partial charge < -0.3 is 9.15 Å². The molecule has 2 aromatic heterocycles. The van der Waals surface area contributed by atoms with Crippen LogP contribution in [0.5, 0.6) is 5.75 Å². The van der Waals surface area contributed by atoms with Crippen molar-refractivity contribution in [3.05, 3.63) is 88.2 Å². The number of hydrogen-bond acceptors (Lipinski definition) is 7. The lowest BCUT2D eigenvalue weighted by Gasteiger charge is -2.06. The van der Waals surface area contributed by atoms with E-state index >= 15 is 0 Å². The van der Waals surface area contributed by atoms with E-state index in [2.05, 4.69) is 28.2 Å². The molecule has 2 aromatic carbocycles. The van der Waals surface area contributed by atoms with Gasteiger partial charge in [-0.15, -0.1) is 10.2 Å². The number of para-hydroxylation sites is 1. The third-order valence-electron chi connectivity index (χ3n) is 4.78. The molecule has 0 fully saturated rings. The maximum Gasteiger partial charge on any atom is 0.282 e. The van der Waals surface area contributed by atoms with E-state index in [4.69, 9.17) is 9.15 Å². The second-order valence-corrected chi connectivity index (χ2v) is 6.82. The highest BCUT2D eigenvalue weighted by molar-refractivity contribution is 5.67. The Hall–Kier alpha value is -4.07. The average Bonchev–Trinajstić information content (AvgIpc) is 3.30. The van der Waals surface area contributed by atoms with Crippen molar-refractivity contribution in [2.45, 2.75) is 19.8 Å². The standard InChI is InChI=1S/C23H20N4O4/c1-2-16-7-10-18(24-15-16)13-14-30-19-11-8-17(9-12-19)22-25-26-23(31-22)20-5-3-4-6-21(20)27(28)29/h3-12,15H,2,13-14H2,1H3. The molecule has 0 N–H and O–H groups in total. The van der Waals surface area contributed by atoms with Crippen LogP contribution in [-0.4, -0.2) is 26.7 Å². The smallest absolute Gasteiger partial charge is 0.282 e. The monoisotopic (exact) mass is 416 g/mol. The fraction of sp³-hybridized carbons (Fsp3) is 0.174. The van der Waals surface area contributed by atoms with Crippen LogP contribution in [0.15, 0.2) is 71.3 Å². The highest BCUT2D eigenvalue weighted by Crippen LogP contribution is 2.31. The highest BCUT2D eigenvalue weighted by Gasteiger charge is 2.20. The molecule has 4 aromatic rings. The highest BCUT2D eigenvalue weighted by atomic mass is 16.6. The number of nitro benzene ring substituents is 1. The number of hydrogen-bond donors (Lipinski definition) is 0. The molecule has 31 heavy (non-hydrogen) atoms. The predicted octanol–water partition coefficient (Wildman–Crippen LogP) is 4.89. The Balaban J connectivity index is 1.40. The Labute approximate surface area is 178 Å². The van der Waals surface area contributed by atoms with Crippen LogP contribution in [0, 0.1) is 10.1 Å². The molecule has 0 aliphatic heterocycles. The molecular weight excluding hydrogens is 396 g/mol. The topological polar surface area (TPSA) is 104 Å². The second kappa shape index (κ2) is 9.17. The fourth-order valence-corrected chi connectivity index (χ4v) is 3.04. The quantitative estimate of drug-likeness (QED) is 0.297. The summed E-state index contributed by atoms with van der Waals surface area (Å²) >= 11 is 0. The minimum atomic E-state index is -0.473. The fourth-order valence-electron chi connectivity index (χ4n) is 3.04. The molecular formula is C23H20N4O4. The van der Waals surface area contributed by atoms with Crippen molar-refractivity contribution in [2.75, 3.05) is 6.61 Å². The van der Waals surface area contributed by atoms with E-state index in [-0.39, 0.29) is 23.0 Å². The summed E-state index contributed by atoms with van der Waals surface area (Å²) < 4.78 is 11.5. The van der Waals surface area contributed by atoms with Gasteiger partial charge in [-0.3, -0.25) is 15.1 Å². The minimum absolute atomic E-state index is 0.0831. The first kappa shape index (κ1) is 20.2. The van der Waals surface area contributed by atoms with E-state index in [0.717, 1.165) is 12.1 Å². The average molecular weight is 416 g/mol. The van der Waals surface area contributed by atoms with Crippen LogP contribution in [0.1, 0.15) is 18.2 Å². The van der Waals surface area contributed by atoms with Gasteiger partial charge in [-0.2, -0.15) is 0 Å². The van der Waals surface area contributed by atoms with Crippen LogP contribution >= 0.6 is 0 Å². The van der Waals surface area contributed by atoms with E-state index in [1.807, 2.05) is 24.4 Å². The number of aromatic nitrogens is 3. The molecule has 0 radical (unpaired) electrons. The SMILES string of the molecule is CCc1ccc(CCOc2ccc(-c3nnc(-c4ccccc4[N+](=O)[O-])o3)cc2)nc1. The number of aryl methyl sites for hydroxylation is 1. The van der Waals surface area contributed by atoms with Gasteiger partial charge in [0.05, 0.1) is 11.5 Å². The number of benzene rings is 2. The van der Waals surface area contributed by atoms with Gasteiger partial charge in [0.25, 0.3) is 11.6 Å². The van der Waals surface area contributed by atoms with Gasteiger partial charge in [-0.05, 0) is 48.4 Å². The maximum atomic E-state index is 11.2. The van der Waals surface area contributed by atoms with Crippen molar-refractivity contribution in [2.24, 2.45) is 0 Å². The van der Waals surface area contributed by atoms with Crippen LogP contribution in [0.3, 0.4) is 0 Å². The molecule has 4 rings (SSSR count). The number of nitrogens with zero attached hydrogens (tertiary/aromatic N) is 4. The molecule has 8 heteroatoms. The Morgan fingerprint density at radius 1 is 1.00 bits per heavy atom. The predicted molar refractivity (Wildman–Crippen MR) is 115 cm³/mol. The summed E-state index contributed by atoms with van der Waals surface area (Å²) in [6, 6.07) is 17.6. The number of nitro groups is 1. The zero-order chi connectivity index (χ0) is 21.6. The molecule has 8 nitrogen and oxygen atoms in total. The number of ether oxygens (including phenoxy) is 1. The molecule has 0 atom stereocenters. The van der Waals surface area contributed by atoms with Gasteiger partial charge in [0.15, 0.2) is 0 Å². The number of pyridine rings is 1. The largest absolute Gasteiger partial charge is 0.493 e. The summed E-state index contributed by atoms with van der Waals surface area (Å²) in [4.78, 5) is 15.2. The molecule has 0 aliphatic rings. The normalized spacial score (nSPS) is 10.7. The summed E-state index contributed by atoms with van der Waals surface area (Å²) in [5, 5.41) is 19.2. The van der Waals surface area contributed by atoms with Crippen molar-refractivity contribution < 1.29 is 14.1 Å². The van der Waals surface area contributed by atoms with Crippen molar-refractivity contribution in [3.8, 4) is 28.7 Å². The lowest BCUT2D eigenvalue weighted by molar-refractivity contribution is -0.384. The summed E-state index contributed by atoms with van der Waals surface area (Å²) in [6.45, 7) is 2.62. The molecule has 0 amide bonds. The summed E-state index contributed by atoms with van der Waals surface area (Å²) in [5.41, 5.74) is 3.10. The van der Waals surface area contributed by atoms with Gasteiger partial charge in [0, 0.05) is 29.9 Å². The van der Waals surface area contributed by atoms with E-state index < -0.39 is 4.92 Å². The zero-order valence-corrected chi connectivity index (χ0v) is 16.9. The molecule has 2 heterocycles. The summed E-state index contributed by atoms with van der Waals surface area (Å²) in [6.07, 6.45) is 3.58. The third-order valence-corrected chi connectivity index (χ3v) is 4.78. The van der Waals surface area contributed by atoms with Gasteiger partial charge in [-0.1, -0.05) is 25.1 Å². The zero-order valence-electron chi connectivity index (χ0n) is 16.9. The molecule has 0 saturated carbocycles. The van der Waals surface area contributed by atoms with Crippen LogP contribution in [0.4, 0.5) is 5.69 Å². The van der Waals surface area contributed by atoms with Gasteiger partial charge in [-0.25, -0.2) is 0 Å². The van der Waals surface area contributed by atoms with Gasteiger partial charge >= 0.3 is 0 Å². The van der Waals surface area contributed by atoms with Crippen LogP contribution in [0.25, 0.3) is 22.9 Å². The lowest BCUT2D eigenvalue weighted by Crippen LogP contribution is -2.03. The van der Waals surface area contributed by atoms with E-state index in [0.29, 0.717) is 24.3 Å². The Bertz CT molecular complexity index is 1170. The first-order valence-corrected chi connectivity index (χ1v) is 9.88. The van der Waals surface area contributed by atoms with Crippen LogP contribution in [0.2, 0.25) is 0 Å². The Morgan fingerprint density at radius 2 is 1.77 bits per heavy atom. The first-order chi connectivity index (χ1) is 15.1. The van der Waals surface area contributed by atoms with Crippen molar-refractivity contribution in [3.63, 3.8) is 0 Å².